The van der Waals surface area contributed by atoms with Gasteiger partial charge in [0.1, 0.15) is 11.5 Å². The summed E-state index contributed by atoms with van der Waals surface area (Å²) in [4.78, 5) is 41.5. The van der Waals surface area contributed by atoms with Gasteiger partial charge in [0.25, 0.3) is 5.91 Å². The van der Waals surface area contributed by atoms with E-state index in [1.807, 2.05) is 0 Å². The second kappa shape index (κ2) is 10.7. The molecule has 1 amide bonds. The smallest absolute Gasteiger partial charge is 0.329 e. The van der Waals surface area contributed by atoms with Crippen LogP contribution in [0.1, 0.15) is 32.3 Å². The minimum Gasteiger partial charge on any atom is -0.493 e. The summed E-state index contributed by atoms with van der Waals surface area (Å²) < 4.78 is 33.0. The van der Waals surface area contributed by atoms with Crippen molar-refractivity contribution < 1.29 is 47.9 Å². The number of fused-ring (bicyclic) bond motifs is 1. The van der Waals surface area contributed by atoms with E-state index in [9.17, 15) is 19.5 Å². The van der Waals surface area contributed by atoms with Crippen LogP contribution in [0.4, 0.5) is 0 Å². The molecule has 11 nitrogen and oxygen atoms in total. The molecule has 2 fully saturated rings. The number of methoxy groups -OCH3 is 2. The minimum atomic E-state index is -1.80. The van der Waals surface area contributed by atoms with Gasteiger partial charge in [0.05, 0.1) is 40.6 Å². The standard InChI is InChI=1S/C26H33NO10/c1-5-34-23(30)17(13-16-7-8-18(32-3)19(14-16)33-4)27-20-9-10-25(36-11-12-37-25)15-26(20,21(28)22(27)29)24(31)35-6-2/h7-9,14,17,21,28H,5-6,10-13,15H2,1-4H3/t17-,21?,26-/m1/s1. The maximum Gasteiger partial charge on any atom is 0.329 e. The summed E-state index contributed by atoms with van der Waals surface area (Å²) in [5, 5.41) is 11.3. The van der Waals surface area contributed by atoms with Crippen molar-refractivity contribution >= 4 is 17.8 Å². The molecular formula is C26H33NO10. The summed E-state index contributed by atoms with van der Waals surface area (Å²) in [7, 11) is 3.01. The maximum atomic E-state index is 13.6. The Morgan fingerprint density at radius 3 is 2.41 bits per heavy atom. The Bertz CT molecular complexity index is 1080. The highest BCUT2D eigenvalue weighted by atomic mass is 16.7. The zero-order chi connectivity index (χ0) is 26.8. The van der Waals surface area contributed by atoms with Gasteiger partial charge < -0.3 is 33.5 Å². The van der Waals surface area contributed by atoms with Crippen LogP contribution >= 0.6 is 0 Å². The lowest BCUT2D eigenvalue weighted by molar-refractivity contribution is -0.200. The molecule has 3 atom stereocenters. The number of hydrogen-bond acceptors (Lipinski definition) is 10. The lowest BCUT2D eigenvalue weighted by Gasteiger charge is -2.42. The third-order valence-corrected chi connectivity index (χ3v) is 7.01. The van der Waals surface area contributed by atoms with Gasteiger partial charge in [-0.25, -0.2) is 4.79 Å². The summed E-state index contributed by atoms with van der Waals surface area (Å²) in [5.74, 6) is -2.47. The Labute approximate surface area is 215 Å². The molecule has 1 aliphatic carbocycles. The van der Waals surface area contributed by atoms with Crippen molar-refractivity contribution in [2.45, 2.75) is 51.0 Å². The van der Waals surface area contributed by atoms with Crippen molar-refractivity contribution in [3.8, 4) is 11.5 Å². The molecule has 1 aromatic rings. The van der Waals surface area contributed by atoms with Crippen LogP contribution < -0.4 is 9.47 Å². The molecule has 0 saturated carbocycles. The second-order valence-corrected chi connectivity index (χ2v) is 9.04. The van der Waals surface area contributed by atoms with Crippen molar-refractivity contribution in [1.82, 2.24) is 4.90 Å². The van der Waals surface area contributed by atoms with Crippen LogP contribution in [0.15, 0.2) is 30.0 Å². The lowest BCUT2D eigenvalue weighted by Crippen LogP contribution is -2.52. The van der Waals surface area contributed by atoms with Crippen LogP contribution in [0.5, 0.6) is 11.5 Å². The number of carbonyl (C=O) groups excluding carboxylic acids is 3. The van der Waals surface area contributed by atoms with Crippen LogP contribution in [0.2, 0.25) is 0 Å². The predicted octanol–water partition coefficient (Wildman–Crippen LogP) is 1.35. The number of benzene rings is 1. The largest absolute Gasteiger partial charge is 0.493 e. The number of likely N-dealkylation sites (tertiary alicyclic amines) is 1. The minimum absolute atomic E-state index is 0.0338. The van der Waals surface area contributed by atoms with Gasteiger partial charge in [0.2, 0.25) is 0 Å². The van der Waals surface area contributed by atoms with E-state index in [2.05, 4.69) is 0 Å². The van der Waals surface area contributed by atoms with Crippen LogP contribution in [0.3, 0.4) is 0 Å². The Morgan fingerprint density at radius 2 is 1.78 bits per heavy atom. The van der Waals surface area contributed by atoms with Gasteiger partial charge in [0.15, 0.2) is 23.4 Å². The average Bonchev–Trinajstić information content (AvgIpc) is 3.43. The molecule has 1 aromatic carbocycles. The molecule has 1 N–H and O–H groups in total. The second-order valence-electron chi connectivity index (χ2n) is 9.04. The molecular weight excluding hydrogens is 486 g/mol. The molecule has 202 valence electrons. The third kappa shape index (κ3) is 4.55. The third-order valence-electron chi connectivity index (χ3n) is 7.01. The van der Waals surface area contributed by atoms with Crippen LogP contribution in [0.25, 0.3) is 0 Å². The van der Waals surface area contributed by atoms with Gasteiger partial charge in [0, 0.05) is 25.0 Å². The number of hydrogen-bond donors (Lipinski definition) is 1. The Morgan fingerprint density at radius 1 is 1.11 bits per heavy atom. The van der Waals surface area contributed by atoms with E-state index in [-0.39, 0.29) is 38.2 Å². The molecule has 0 radical (unpaired) electrons. The van der Waals surface area contributed by atoms with E-state index < -0.39 is 41.2 Å². The molecule has 2 aliphatic heterocycles. The Kier molecular flexibility index (Phi) is 7.77. The Balaban J connectivity index is 1.79. The highest BCUT2D eigenvalue weighted by Gasteiger charge is 2.68. The van der Waals surface area contributed by atoms with Gasteiger partial charge in [-0.05, 0) is 31.5 Å². The first-order valence-electron chi connectivity index (χ1n) is 12.3. The normalized spacial score (nSPS) is 24.9. The maximum absolute atomic E-state index is 13.6. The van der Waals surface area contributed by atoms with E-state index in [0.29, 0.717) is 30.3 Å². The van der Waals surface area contributed by atoms with E-state index in [0.717, 1.165) is 0 Å². The van der Waals surface area contributed by atoms with Gasteiger partial charge >= 0.3 is 11.9 Å². The lowest BCUT2D eigenvalue weighted by atomic mass is 9.71. The molecule has 1 spiro atoms. The summed E-state index contributed by atoms with van der Waals surface area (Å²) in [6.45, 7) is 4.06. The van der Waals surface area contributed by atoms with E-state index in [4.69, 9.17) is 28.4 Å². The summed E-state index contributed by atoms with van der Waals surface area (Å²) in [6.07, 6.45) is -0.0383. The van der Waals surface area contributed by atoms with Crippen molar-refractivity contribution in [2.24, 2.45) is 5.41 Å². The van der Waals surface area contributed by atoms with E-state index in [1.54, 1.807) is 38.1 Å². The zero-order valence-electron chi connectivity index (χ0n) is 21.5. The van der Waals surface area contributed by atoms with Gasteiger partial charge in [-0.15, -0.1) is 0 Å². The van der Waals surface area contributed by atoms with E-state index >= 15 is 0 Å². The highest BCUT2D eigenvalue weighted by molar-refractivity contribution is 6.00. The molecule has 2 saturated heterocycles. The van der Waals surface area contributed by atoms with Crippen molar-refractivity contribution in [1.29, 1.82) is 0 Å². The highest BCUT2D eigenvalue weighted by Crippen LogP contribution is 2.54. The van der Waals surface area contributed by atoms with E-state index in [1.165, 1.54) is 19.1 Å². The summed E-state index contributed by atoms with van der Waals surface area (Å²) in [5.41, 5.74) is -0.952. The first-order chi connectivity index (χ1) is 17.8. The van der Waals surface area contributed by atoms with Crippen molar-refractivity contribution in [2.75, 3.05) is 40.6 Å². The number of aliphatic hydroxyl groups is 1. The molecule has 0 aromatic heterocycles. The number of esters is 2. The quantitative estimate of drug-likeness (QED) is 0.477. The first-order valence-corrected chi connectivity index (χ1v) is 12.3. The first kappa shape index (κ1) is 26.9. The fourth-order valence-electron chi connectivity index (χ4n) is 5.37. The fourth-order valence-corrected chi connectivity index (χ4v) is 5.37. The number of amides is 1. The molecule has 37 heavy (non-hydrogen) atoms. The average molecular weight is 520 g/mol. The topological polar surface area (TPSA) is 130 Å². The molecule has 0 bridgehead atoms. The number of rotatable bonds is 9. The number of aliphatic hydroxyl groups excluding tert-OH is 1. The van der Waals surface area contributed by atoms with Crippen molar-refractivity contribution in [3.63, 3.8) is 0 Å². The molecule has 11 heteroatoms. The van der Waals surface area contributed by atoms with Gasteiger partial charge in [-0.3, -0.25) is 14.5 Å². The Hall–Kier alpha value is -3.15. The number of nitrogens with zero attached hydrogens (tertiary/aromatic N) is 1. The molecule has 1 unspecified atom stereocenters. The molecule has 3 aliphatic rings. The van der Waals surface area contributed by atoms with Crippen LogP contribution in [-0.2, 0) is 39.8 Å². The van der Waals surface area contributed by atoms with Crippen molar-refractivity contribution in [3.05, 3.63) is 35.5 Å². The van der Waals surface area contributed by atoms with Gasteiger partial charge in [-0.2, -0.15) is 0 Å². The van der Waals surface area contributed by atoms with Crippen LogP contribution in [-0.4, -0.2) is 86.4 Å². The van der Waals surface area contributed by atoms with Crippen LogP contribution in [0, 0.1) is 5.41 Å². The molecule has 2 heterocycles. The number of carbonyl (C=O) groups is 3. The summed E-state index contributed by atoms with van der Waals surface area (Å²) in [6, 6.07) is 3.97. The summed E-state index contributed by atoms with van der Waals surface area (Å²) >= 11 is 0. The zero-order valence-corrected chi connectivity index (χ0v) is 21.5. The monoisotopic (exact) mass is 519 g/mol. The fraction of sp³-hybridized carbons (Fsp3) is 0.577. The van der Waals surface area contributed by atoms with Gasteiger partial charge in [-0.1, -0.05) is 12.1 Å². The molecule has 4 rings (SSSR count). The number of ether oxygens (including phenoxy) is 6. The SMILES string of the molecule is CCOC(=O)[C@@H](Cc1ccc(OC)c(OC)c1)N1C(=O)C(O)[C@@]2(C(=O)OCC)CC3(CC=C12)OCCO3. The predicted molar refractivity (Wildman–Crippen MR) is 128 cm³/mol.